The molecule has 1 fully saturated rings. The van der Waals surface area contributed by atoms with Crippen molar-refractivity contribution in [1.82, 2.24) is 19.7 Å². The molecule has 27 heavy (non-hydrogen) atoms. The summed E-state index contributed by atoms with van der Waals surface area (Å²) in [5, 5.41) is 7.87. The van der Waals surface area contributed by atoms with Crippen LogP contribution in [-0.2, 0) is 6.54 Å². The maximum Gasteiger partial charge on any atom is 0.267 e. The van der Waals surface area contributed by atoms with Crippen LogP contribution in [0.2, 0.25) is 0 Å². The molecule has 0 atom stereocenters. The average molecular weight is 361 g/mol. The van der Waals surface area contributed by atoms with Crippen LogP contribution in [-0.4, -0.2) is 26.3 Å². The van der Waals surface area contributed by atoms with Crippen molar-refractivity contribution in [2.75, 3.05) is 11.9 Å². The number of aromatic nitrogens is 4. The Morgan fingerprint density at radius 3 is 2.74 bits per heavy atom. The lowest BCUT2D eigenvalue weighted by Crippen LogP contribution is -2.22. The van der Waals surface area contributed by atoms with Gasteiger partial charge in [0.2, 0.25) is 0 Å². The Morgan fingerprint density at radius 1 is 1.11 bits per heavy atom. The van der Waals surface area contributed by atoms with E-state index in [-0.39, 0.29) is 5.56 Å². The standard InChI is InChI=1S/C21H23N5O/c27-21-9-7-19(25-26(21)15-17-5-2-11-22-13-17)18-6-8-20(24-14-18)23-12-10-16-3-1-4-16/h2,5-9,11,13-14,16H,1,3-4,10,12,15H2,(H,23,24). The largest absolute Gasteiger partial charge is 0.370 e. The van der Waals surface area contributed by atoms with Gasteiger partial charge in [-0.25, -0.2) is 9.67 Å². The molecule has 1 saturated carbocycles. The molecular formula is C21H23N5O. The molecule has 6 nitrogen and oxygen atoms in total. The van der Waals surface area contributed by atoms with E-state index in [1.165, 1.54) is 30.4 Å². The third-order valence-electron chi connectivity index (χ3n) is 5.06. The number of nitrogens with zero attached hydrogens (tertiary/aromatic N) is 4. The van der Waals surface area contributed by atoms with E-state index in [0.29, 0.717) is 6.54 Å². The topological polar surface area (TPSA) is 72.7 Å². The molecule has 0 unspecified atom stereocenters. The normalized spacial score (nSPS) is 13.9. The molecule has 3 aromatic heterocycles. The van der Waals surface area contributed by atoms with Gasteiger partial charge in [0.05, 0.1) is 12.2 Å². The number of hydrogen-bond donors (Lipinski definition) is 1. The van der Waals surface area contributed by atoms with E-state index in [1.54, 1.807) is 30.7 Å². The molecule has 3 heterocycles. The molecule has 6 heteroatoms. The van der Waals surface area contributed by atoms with Crippen molar-refractivity contribution in [3.8, 4) is 11.3 Å². The van der Waals surface area contributed by atoms with E-state index in [0.717, 1.165) is 35.1 Å². The molecule has 0 aliphatic heterocycles. The van der Waals surface area contributed by atoms with Crippen LogP contribution >= 0.6 is 0 Å². The highest BCUT2D eigenvalue weighted by atomic mass is 16.1. The molecule has 0 amide bonds. The smallest absolute Gasteiger partial charge is 0.267 e. The van der Waals surface area contributed by atoms with Crippen molar-refractivity contribution in [2.24, 2.45) is 5.92 Å². The third kappa shape index (κ3) is 4.39. The van der Waals surface area contributed by atoms with Gasteiger partial charge in [-0.2, -0.15) is 5.10 Å². The summed E-state index contributed by atoms with van der Waals surface area (Å²) < 4.78 is 1.46. The van der Waals surface area contributed by atoms with E-state index < -0.39 is 0 Å². The highest BCUT2D eigenvalue weighted by Crippen LogP contribution is 2.29. The molecule has 0 aromatic carbocycles. The van der Waals surface area contributed by atoms with Crippen molar-refractivity contribution in [2.45, 2.75) is 32.2 Å². The summed E-state index contributed by atoms with van der Waals surface area (Å²) in [6.07, 6.45) is 10.6. The van der Waals surface area contributed by atoms with Gasteiger partial charge in [-0.3, -0.25) is 9.78 Å². The maximum absolute atomic E-state index is 12.1. The molecular weight excluding hydrogens is 338 g/mol. The molecule has 0 saturated heterocycles. The van der Waals surface area contributed by atoms with E-state index in [1.807, 2.05) is 24.3 Å². The highest BCUT2D eigenvalue weighted by molar-refractivity contribution is 5.58. The lowest BCUT2D eigenvalue weighted by molar-refractivity contribution is 0.303. The van der Waals surface area contributed by atoms with Crippen molar-refractivity contribution >= 4 is 5.82 Å². The molecule has 138 valence electrons. The van der Waals surface area contributed by atoms with Crippen molar-refractivity contribution in [3.63, 3.8) is 0 Å². The Bertz CT molecular complexity index is 933. The number of pyridine rings is 2. The Hall–Kier alpha value is -3.02. The fourth-order valence-electron chi connectivity index (χ4n) is 3.22. The zero-order valence-electron chi connectivity index (χ0n) is 15.2. The van der Waals surface area contributed by atoms with Crippen LogP contribution in [0, 0.1) is 5.92 Å². The van der Waals surface area contributed by atoms with Crippen molar-refractivity contribution in [1.29, 1.82) is 0 Å². The second-order valence-corrected chi connectivity index (χ2v) is 7.02. The first-order valence-corrected chi connectivity index (χ1v) is 9.45. The van der Waals surface area contributed by atoms with Crippen LogP contribution in [0.3, 0.4) is 0 Å². The molecule has 0 bridgehead atoms. The van der Waals surface area contributed by atoms with Crippen LogP contribution in [0.4, 0.5) is 5.82 Å². The fraction of sp³-hybridized carbons (Fsp3) is 0.333. The molecule has 4 rings (SSSR count). The van der Waals surface area contributed by atoms with Gasteiger partial charge in [-0.05, 0) is 42.2 Å². The summed E-state index contributed by atoms with van der Waals surface area (Å²) in [5.41, 5.74) is 2.42. The summed E-state index contributed by atoms with van der Waals surface area (Å²) in [4.78, 5) is 20.7. The Kier molecular flexibility index (Phi) is 5.23. The van der Waals surface area contributed by atoms with Gasteiger partial charge < -0.3 is 5.32 Å². The zero-order valence-corrected chi connectivity index (χ0v) is 15.2. The van der Waals surface area contributed by atoms with Crippen LogP contribution in [0.25, 0.3) is 11.3 Å². The quantitative estimate of drug-likeness (QED) is 0.699. The van der Waals surface area contributed by atoms with E-state index in [2.05, 4.69) is 20.4 Å². The number of hydrogen-bond acceptors (Lipinski definition) is 5. The molecule has 0 spiro atoms. The van der Waals surface area contributed by atoms with E-state index in [9.17, 15) is 4.79 Å². The first-order valence-electron chi connectivity index (χ1n) is 9.45. The minimum absolute atomic E-state index is 0.134. The van der Waals surface area contributed by atoms with E-state index in [4.69, 9.17) is 0 Å². The van der Waals surface area contributed by atoms with Crippen LogP contribution < -0.4 is 10.9 Å². The Labute approximate surface area is 158 Å². The van der Waals surface area contributed by atoms with Gasteiger partial charge in [0.25, 0.3) is 5.56 Å². The average Bonchev–Trinajstić information content (AvgIpc) is 2.67. The molecule has 1 aliphatic rings. The van der Waals surface area contributed by atoms with Crippen LogP contribution in [0.5, 0.6) is 0 Å². The lowest BCUT2D eigenvalue weighted by atomic mass is 9.83. The van der Waals surface area contributed by atoms with Crippen LogP contribution in [0.1, 0.15) is 31.2 Å². The minimum Gasteiger partial charge on any atom is -0.370 e. The predicted octanol–water partition coefficient (Wildman–Crippen LogP) is 3.35. The Morgan fingerprint density at radius 2 is 2.04 bits per heavy atom. The predicted molar refractivity (Wildman–Crippen MR) is 106 cm³/mol. The minimum atomic E-state index is -0.134. The number of nitrogens with one attached hydrogen (secondary N) is 1. The van der Waals surface area contributed by atoms with Gasteiger partial charge in [-0.15, -0.1) is 0 Å². The van der Waals surface area contributed by atoms with Gasteiger partial charge in [0, 0.05) is 36.8 Å². The summed E-state index contributed by atoms with van der Waals surface area (Å²) >= 11 is 0. The van der Waals surface area contributed by atoms with E-state index >= 15 is 0 Å². The summed E-state index contributed by atoms with van der Waals surface area (Å²) in [6, 6.07) is 11.0. The Balaban J connectivity index is 1.44. The third-order valence-corrected chi connectivity index (χ3v) is 5.06. The number of anilines is 1. The first-order chi connectivity index (χ1) is 13.3. The summed E-state index contributed by atoms with van der Waals surface area (Å²) in [7, 11) is 0. The molecule has 0 radical (unpaired) electrons. The van der Waals surface area contributed by atoms with Gasteiger partial charge in [0.1, 0.15) is 5.82 Å². The van der Waals surface area contributed by atoms with Crippen LogP contribution in [0.15, 0.2) is 59.8 Å². The molecule has 1 aliphatic carbocycles. The molecule has 1 N–H and O–H groups in total. The monoisotopic (exact) mass is 361 g/mol. The fourth-order valence-corrected chi connectivity index (χ4v) is 3.22. The first kappa shape index (κ1) is 17.4. The molecule has 3 aromatic rings. The van der Waals surface area contributed by atoms with Crippen molar-refractivity contribution < 1.29 is 0 Å². The van der Waals surface area contributed by atoms with Gasteiger partial charge in [-0.1, -0.05) is 25.3 Å². The zero-order chi connectivity index (χ0) is 18.5. The summed E-state index contributed by atoms with van der Waals surface area (Å²) in [5.74, 6) is 1.77. The van der Waals surface area contributed by atoms with Gasteiger partial charge >= 0.3 is 0 Å². The maximum atomic E-state index is 12.1. The van der Waals surface area contributed by atoms with Crippen molar-refractivity contribution in [3.05, 3.63) is 70.9 Å². The SMILES string of the molecule is O=c1ccc(-c2ccc(NCCC3CCC3)nc2)nn1Cc1cccnc1. The second kappa shape index (κ2) is 8.12. The summed E-state index contributed by atoms with van der Waals surface area (Å²) in [6.45, 7) is 1.36. The second-order valence-electron chi connectivity index (χ2n) is 7.02. The number of rotatable bonds is 7. The highest BCUT2D eigenvalue weighted by Gasteiger charge is 2.16. The van der Waals surface area contributed by atoms with Gasteiger partial charge in [0.15, 0.2) is 0 Å². The lowest BCUT2D eigenvalue weighted by Gasteiger charge is -2.25.